The average molecular weight is 391 g/mol. The summed E-state index contributed by atoms with van der Waals surface area (Å²) in [4.78, 5) is 14.9. The van der Waals surface area contributed by atoms with Gasteiger partial charge in [-0.3, -0.25) is 4.79 Å². The van der Waals surface area contributed by atoms with Gasteiger partial charge in [-0.05, 0) is 55.4 Å². The van der Waals surface area contributed by atoms with Crippen LogP contribution in [0.25, 0.3) is 0 Å². The van der Waals surface area contributed by atoms with E-state index in [0.29, 0.717) is 13.0 Å². The van der Waals surface area contributed by atoms with Crippen molar-refractivity contribution in [2.45, 2.75) is 63.5 Å². The summed E-state index contributed by atoms with van der Waals surface area (Å²) in [6.07, 6.45) is 4.61. The van der Waals surface area contributed by atoms with E-state index in [1.165, 1.54) is 0 Å². The molecule has 1 aliphatic rings. The van der Waals surface area contributed by atoms with Crippen LogP contribution in [0.5, 0.6) is 5.75 Å². The number of ether oxygens (including phenoxy) is 1. The van der Waals surface area contributed by atoms with E-state index in [4.69, 9.17) is 4.74 Å². The minimum absolute atomic E-state index is 0.182. The van der Waals surface area contributed by atoms with Crippen LogP contribution in [0.1, 0.15) is 56.6 Å². The first-order chi connectivity index (χ1) is 14.1. The zero-order valence-corrected chi connectivity index (χ0v) is 17.4. The number of amides is 1. The van der Waals surface area contributed by atoms with Crippen LogP contribution in [-0.4, -0.2) is 24.0 Å². The maximum Gasteiger partial charge on any atom is 0.223 e. The van der Waals surface area contributed by atoms with Gasteiger partial charge in [-0.15, -0.1) is 0 Å². The predicted molar refractivity (Wildman–Crippen MR) is 114 cm³/mol. The third-order valence-electron chi connectivity index (χ3n) is 6.07. The fourth-order valence-corrected chi connectivity index (χ4v) is 4.35. The van der Waals surface area contributed by atoms with Gasteiger partial charge >= 0.3 is 0 Å². The molecule has 0 saturated heterocycles. The lowest BCUT2D eigenvalue weighted by Gasteiger charge is -2.40. The van der Waals surface area contributed by atoms with E-state index < -0.39 is 5.41 Å². The molecule has 0 heterocycles. The Labute approximate surface area is 174 Å². The molecule has 1 fully saturated rings. The van der Waals surface area contributed by atoms with Crippen molar-refractivity contribution in [3.8, 4) is 11.8 Å². The minimum atomic E-state index is -0.503. The van der Waals surface area contributed by atoms with Crippen LogP contribution in [-0.2, 0) is 16.8 Å². The summed E-state index contributed by atoms with van der Waals surface area (Å²) >= 11 is 0. The van der Waals surface area contributed by atoms with E-state index in [1.54, 1.807) is 7.11 Å². The van der Waals surface area contributed by atoms with Crippen LogP contribution in [0, 0.1) is 11.3 Å². The van der Waals surface area contributed by atoms with Gasteiger partial charge in [-0.2, -0.15) is 5.26 Å². The number of nitrogens with zero attached hydrogens (tertiary/aromatic N) is 2. The molecule has 1 aliphatic carbocycles. The number of nitriles is 1. The van der Waals surface area contributed by atoms with Crippen molar-refractivity contribution in [2.75, 3.05) is 7.11 Å². The molecule has 0 aromatic heterocycles. The molecular weight excluding hydrogens is 360 g/mol. The number of rotatable bonds is 7. The van der Waals surface area contributed by atoms with E-state index in [1.807, 2.05) is 54.3 Å². The summed E-state index contributed by atoms with van der Waals surface area (Å²) in [7, 11) is 1.65. The molecule has 0 spiro atoms. The molecule has 1 saturated carbocycles. The highest BCUT2D eigenvalue weighted by Gasteiger charge is 2.39. The second-order valence-electron chi connectivity index (χ2n) is 7.91. The van der Waals surface area contributed by atoms with Crippen molar-refractivity contribution >= 4 is 5.91 Å². The lowest BCUT2D eigenvalue weighted by atomic mass is 9.69. The Morgan fingerprint density at radius 3 is 2.52 bits per heavy atom. The van der Waals surface area contributed by atoms with Gasteiger partial charge in [0, 0.05) is 19.0 Å². The van der Waals surface area contributed by atoms with Gasteiger partial charge in [0.1, 0.15) is 5.75 Å². The molecular formula is C25H30N2O2. The SMILES string of the molecule is CCCC(=O)N(Cc1ccccc1)C1CCC(C#N)(c2cccc(OC)c2)CC1. The molecule has 0 aliphatic heterocycles. The summed E-state index contributed by atoms with van der Waals surface area (Å²) in [5, 5.41) is 10.0. The summed E-state index contributed by atoms with van der Waals surface area (Å²) in [6, 6.07) is 20.8. The van der Waals surface area contributed by atoms with E-state index in [0.717, 1.165) is 49.0 Å². The van der Waals surface area contributed by atoms with Gasteiger partial charge in [0.05, 0.1) is 18.6 Å². The smallest absolute Gasteiger partial charge is 0.223 e. The Morgan fingerprint density at radius 2 is 1.90 bits per heavy atom. The van der Waals surface area contributed by atoms with Crippen LogP contribution >= 0.6 is 0 Å². The maximum atomic E-state index is 12.9. The fourth-order valence-electron chi connectivity index (χ4n) is 4.35. The molecule has 0 atom stereocenters. The van der Waals surface area contributed by atoms with Crippen LogP contribution < -0.4 is 4.74 Å². The highest BCUT2D eigenvalue weighted by molar-refractivity contribution is 5.76. The Kier molecular flexibility index (Phi) is 6.93. The Balaban J connectivity index is 1.77. The summed E-state index contributed by atoms with van der Waals surface area (Å²) < 4.78 is 5.36. The maximum absolute atomic E-state index is 12.9. The first-order valence-electron chi connectivity index (χ1n) is 10.5. The standard InChI is InChI=1S/C25H30N2O2/c1-3-8-24(28)27(18-20-9-5-4-6-10-20)22-13-15-25(19-26,16-14-22)21-11-7-12-23(17-21)29-2/h4-7,9-12,17,22H,3,8,13-16,18H2,1-2H3. The molecule has 2 aromatic rings. The van der Waals surface area contributed by atoms with Gasteiger partial charge in [0.2, 0.25) is 5.91 Å². The molecule has 2 aromatic carbocycles. The van der Waals surface area contributed by atoms with Crippen molar-refractivity contribution < 1.29 is 9.53 Å². The first kappa shape index (κ1) is 20.9. The van der Waals surface area contributed by atoms with Crippen molar-refractivity contribution in [3.05, 3.63) is 65.7 Å². The van der Waals surface area contributed by atoms with Crippen LogP contribution in [0.15, 0.2) is 54.6 Å². The second-order valence-corrected chi connectivity index (χ2v) is 7.91. The molecule has 0 unspecified atom stereocenters. The zero-order valence-electron chi connectivity index (χ0n) is 17.4. The van der Waals surface area contributed by atoms with Crippen molar-refractivity contribution in [1.82, 2.24) is 4.90 Å². The quantitative estimate of drug-likeness (QED) is 0.651. The Bertz CT molecular complexity index is 849. The molecule has 29 heavy (non-hydrogen) atoms. The van der Waals surface area contributed by atoms with Gasteiger partial charge in [0.25, 0.3) is 0 Å². The molecule has 0 radical (unpaired) electrons. The lowest BCUT2D eigenvalue weighted by Crippen LogP contribution is -2.44. The second kappa shape index (κ2) is 9.60. The van der Waals surface area contributed by atoms with E-state index >= 15 is 0 Å². The van der Waals surface area contributed by atoms with Gasteiger partial charge in [-0.25, -0.2) is 0 Å². The van der Waals surface area contributed by atoms with Crippen LogP contribution in [0.4, 0.5) is 0 Å². The predicted octanol–water partition coefficient (Wildman–Crippen LogP) is 5.23. The monoisotopic (exact) mass is 390 g/mol. The van der Waals surface area contributed by atoms with Crippen molar-refractivity contribution in [3.63, 3.8) is 0 Å². The number of hydrogen-bond donors (Lipinski definition) is 0. The van der Waals surface area contributed by atoms with E-state index in [9.17, 15) is 10.1 Å². The number of methoxy groups -OCH3 is 1. The normalized spacial score (nSPS) is 21.2. The van der Waals surface area contributed by atoms with Gasteiger partial charge in [0.15, 0.2) is 0 Å². The van der Waals surface area contributed by atoms with Crippen molar-refractivity contribution in [2.24, 2.45) is 0 Å². The summed E-state index contributed by atoms with van der Waals surface area (Å²) in [5.74, 6) is 0.996. The zero-order chi connectivity index (χ0) is 20.7. The third-order valence-corrected chi connectivity index (χ3v) is 6.07. The number of carbonyl (C=O) groups excluding carboxylic acids is 1. The minimum Gasteiger partial charge on any atom is -0.497 e. The van der Waals surface area contributed by atoms with E-state index in [2.05, 4.69) is 18.2 Å². The van der Waals surface area contributed by atoms with Crippen molar-refractivity contribution in [1.29, 1.82) is 5.26 Å². The Morgan fingerprint density at radius 1 is 1.17 bits per heavy atom. The molecule has 0 N–H and O–H groups in total. The molecule has 152 valence electrons. The van der Waals surface area contributed by atoms with E-state index in [-0.39, 0.29) is 11.9 Å². The first-order valence-corrected chi connectivity index (χ1v) is 10.5. The van der Waals surface area contributed by atoms with Crippen LogP contribution in [0.3, 0.4) is 0 Å². The van der Waals surface area contributed by atoms with Gasteiger partial charge < -0.3 is 9.64 Å². The number of hydrogen-bond acceptors (Lipinski definition) is 3. The molecule has 4 heteroatoms. The number of carbonyl (C=O) groups is 1. The Hall–Kier alpha value is -2.80. The lowest BCUT2D eigenvalue weighted by molar-refractivity contribution is -0.135. The summed E-state index contributed by atoms with van der Waals surface area (Å²) in [6.45, 7) is 2.69. The highest BCUT2D eigenvalue weighted by atomic mass is 16.5. The molecule has 3 rings (SSSR count). The summed E-state index contributed by atoms with van der Waals surface area (Å²) in [5.41, 5.74) is 1.67. The third kappa shape index (κ3) is 4.79. The molecule has 1 amide bonds. The topological polar surface area (TPSA) is 53.3 Å². The highest BCUT2D eigenvalue weighted by Crippen LogP contribution is 2.41. The van der Waals surface area contributed by atoms with Gasteiger partial charge in [-0.1, -0.05) is 49.4 Å². The van der Waals surface area contributed by atoms with Crippen LogP contribution in [0.2, 0.25) is 0 Å². The molecule has 4 nitrogen and oxygen atoms in total. The average Bonchev–Trinajstić information content (AvgIpc) is 2.78. The fraction of sp³-hybridized carbons (Fsp3) is 0.440. The molecule has 0 bridgehead atoms. The number of benzene rings is 2. The largest absolute Gasteiger partial charge is 0.497 e.